The lowest BCUT2D eigenvalue weighted by atomic mass is 10.2. The predicted molar refractivity (Wildman–Crippen MR) is 111 cm³/mol. The van der Waals surface area contributed by atoms with Crippen LogP contribution >= 0.6 is 11.8 Å². The van der Waals surface area contributed by atoms with Crippen LogP contribution in [0.1, 0.15) is 46.0 Å². The average Bonchev–Trinajstić information content (AvgIpc) is 3.35. The molecule has 148 valence electrons. The maximum absolute atomic E-state index is 12.9. The molecule has 1 N–H and O–H groups in total. The fraction of sp³-hybridized carbons (Fsp3) is 0.500. The Labute approximate surface area is 167 Å². The summed E-state index contributed by atoms with van der Waals surface area (Å²) >= 11 is 1.38. The second-order valence-electron chi connectivity index (χ2n) is 7.34. The topological polar surface area (TPSA) is 81.3 Å². The molecule has 1 saturated carbocycles. The van der Waals surface area contributed by atoms with Gasteiger partial charge in [0.05, 0.1) is 16.2 Å². The van der Waals surface area contributed by atoms with E-state index in [1.807, 2.05) is 42.5 Å². The minimum atomic E-state index is -0.293. The molecule has 2 aromatic heterocycles. The smallest absolute Gasteiger partial charge is 0.262 e. The van der Waals surface area contributed by atoms with Crippen molar-refractivity contribution in [1.29, 1.82) is 0 Å². The van der Waals surface area contributed by atoms with Crippen LogP contribution in [0.2, 0.25) is 0 Å². The fourth-order valence-corrected chi connectivity index (χ4v) is 4.70. The van der Waals surface area contributed by atoms with Gasteiger partial charge in [0, 0.05) is 12.6 Å². The number of aromatic nitrogens is 4. The van der Waals surface area contributed by atoms with Crippen molar-refractivity contribution in [3.05, 3.63) is 34.6 Å². The Balaban J connectivity index is 1.71. The van der Waals surface area contributed by atoms with E-state index in [2.05, 4.69) is 15.5 Å². The van der Waals surface area contributed by atoms with Gasteiger partial charge in [0.25, 0.3) is 5.56 Å². The molecule has 0 aliphatic heterocycles. The molecule has 1 amide bonds. The second-order valence-corrected chi connectivity index (χ2v) is 8.65. The van der Waals surface area contributed by atoms with Gasteiger partial charge in [-0.25, -0.2) is 0 Å². The Hall–Kier alpha value is -2.35. The minimum absolute atomic E-state index is 0.0276. The molecule has 0 spiro atoms. The summed E-state index contributed by atoms with van der Waals surface area (Å²) in [6.07, 6.45) is 5.31. The van der Waals surface area contributed by atoms with Crippen molar-refractivity contribution in [2.75, 3.05) is 0 Å². The molecule has 4 rings (SSSR count). The number of thioether (sulfide) groups is 1. The quantitative estimate of drug-likeness (QED) is 0.645. The number of hydrogen-bond acceptors (Lipinski definition) is 5. The Morgan fingerprint density at radius 3 is 2.79 bits per heavy atom. The van der Waals surface area contributed by atoms with Crippen molar-refractivity contribution in [2.24, 2.45) is 0 Å². The van der Waals surface area contributed by atoms with Crippen LogP contribution in [-0.4, -0.2) is 36.4 Å². The lowest BCUT2D eigenvalue weighted by Gasteiger charge is -2.16. The van der Waals surface area contributed by atoms with E-state index in [0.717, 1.165) is 24.8 Å². The first-order valence-corrected chi connectivity index (χ1v) is 10.8. The SMILES string of the molecule is CCCn1c(=O)c2ccccc2n2c(SC(C)C(=O)NC3CCCC3)nnc12. The maximum atomic E-state index is 12.9. The highest BCUT2D eigenvalue weighted by Gasteiger charge is 2.24. The van der Waals surface area contributed by atoms with Crippen LogP contribution < -0.4 is 10.9 Å². The zero-order valence-corrected chi connectivity index (χ0v) is 17.0. The summed E-state index contributed by atoms with van der Waals surface area (Å²) in [6.45, 7) is 4.49. The highest BCUT2D eigenvalue weighted by Crippen LogP contribution is 2.26. The molecule has 8 heteroatoms. The molecule has 1 fully saturated rings. The van der Waals surface area contributed by atoms with E-state index in [1.165, 1.54) is 24.6 Å². The summed E-state index contributed by atoms with van der Waals surface area (Å²) in [6, 6.07) is 7.78. The third-order valence-corrected chi connectivity index (χ3v) is 6.32. The molecule has 1 atom stereocenters. The summed E-state index contributed by atoms with van der Waals surface area (Å²) in [4.78, 5) is 25.5. The zero-order valence-electron chi connectivity index (χ0n) is 16.2. The zero-order chi connectivity index (χ0) is 19.7. The van der Waals surface area contributed by atoms with Gasteiger partial charge in [0.15, 0.2) is 5.16 Å². The minimum Gasteiger partial charge on any atom is -0.352 e. The second kappa shape index (κ2) is 7.95. The van der Waals surface area contributed by atoms with Crippen molar-refractivity contribution in [1.82, 2.24) is 24.5 Å². The van der Waals surface area contributed by atoms with Crippen molar-refractivity contribution in [2.45, 2.75) is 68.9 Å². The first kappa shape index (κ1) is 19.0. The molecule has 7 nitrogen and oxygen atoms in total. The van der Waals surface area contributed by atoms with E-state index in [9.17, 15) is 9.59 Å². The van der Waals surface area contributed by atoms with Crippen LogP contribution in [0.4, 0.5) is 0 Å². The van der Waals surface area contributed by atoms with E-state index in [-0.39, 0.29) is 16.7 Å². The maximum Gasteiger partial charge on any atom is 0.262 e. The van der Waals surface area contributed by atoms with E-state index in [4.69, 9.17) is 0 Å². The third-order valence-electron chi connectivity index (χ3n) is 5.28. The number of para-hydroxylation sites is 1. The van der Waals surface area contributed by atoms with Gasteiger partial charge in [-0.15, -0.1) is 10.2 Å². The van der Waals surface area contributed by atoms with Gasteiger partial charge >= 0.3 is 0 Å². The number of amides is 1. The molecule has 0 saturated heterocycles. The first-order chi connectivity index (χ1) is 13.6. The molecule has 1 unspecified atom stereocenters. The summed E-state index contributed by atoms with van der Waals surface area (Å²) in [5.74, 6) is 0.552. The molecular formula is C20H25N5O2S. The van der Waals surface area contributed by atoms with Gasteiger partial charge < -0.3 is 5.32 Å². The predicted octanol–water partition coefficient (Wildman–Crippen LogP) is 2.99. The number of fused-ring (bicyclic) bond motifs is 3. The molecular weight excluding hydrogens is 374 g/mol. The largest absolute Gasteiger partial charge is 0.352 e. The Bertz CT molecular complexity index is 1070. The number of carbonyl (C=O) groups is 1. The van der Waals surface area contributed by atoms with Crippen molar-refractivity contribution >= 4 is 34.3 Å². The van der Waals surface area contributed by atoms with Crippen molar-refractivity contribution in [3.63, 3.8) is 0 Å². The van der Waals surface area contributed by atoms with E-state index < -0.39 is 0 Å². The normalized spacial score (nSPS) is 16.1. The number of benzene rings is 1. The van der Waals surface area contributed by atoms with Gasteiger partial charge in [0.1, 0.15) is 0 Å². The van der Waals surface area contributed by atoms with E-state index in [1.54, 1.807) is 4.57 Å². The molecule has 0 radical (unpaired) electrons. The van der Waals surface area contributed by atoms with Crippen LogP contribution in [-0.2, 0) is 11.3 Å². The van der Waals surface area contributed by atoms with Crippen molar-refractivity contribution < 1.29 is 4.79 Å². The van der Waals surface area contributed by atoms with Gasteiger partial charge in [0.2, 0.25) is 11.7 Å². The Kier molecular flexibility index (Phi) is 5.39. The van der Waals surface area contributed by atoms with Gasteiger partial charge in [-0.3, -0.25) is 18.6 Å². The number of hydrogen-bond donors (Lipinski definition) is 1. The number of nitrogens with zero attached hydrogens (tertiary/aromatic N) is 4. The standard InChI is InChI=1S/C20H25N5O2S/c1-3-12-24-18(27)15-10-6-7-11-16(15)25-19(24)22-23-20(25)28-13(2)17(26)21-14-8-4-5-9-14/h6-7,10-11,13-14H,3-5,8-9,12H2,1-2H3,(H,21,26). The number of carbonyl (C=O) groups excluding carboxylic acids is 1. The van der Waals surface area contributed by atoms with Crippen LogP contribution in [0.5, 0.6) is 0 Å². The molecule has 2 heterocycles. The highest BCUT2D eigenvalue weighted by molar-refractivity contribution is 8.00. The van der Waals surface area contributed by atoms with Crippen LogP contribution in [0.3, 0.4) is 0 Å². The monoisotopic (exact) mass is 399 g/mol. The van der Waals surface area contributed by atoms with E-state index in [0.29, 0.717) is 28.9 Å². The number of rotatable bonds is 6. The summed E-state index contributed by atoms with van der Waals surface area (Å²) < 4.78 is 3.57. The Morgan fingerprint density at radius 1 is 1.29 bits per heavy atom. The van der Waals surface area contributed by atoms with Gasteiger partial charge in [-0.2, -0.15) is 0 Å². The Morgan fingerprint density at radius 2 is 2.04 bits per heavy atom. The van der Waals surface area contributed by atoms with Gasteiger partial charge in [-0.05, 0) is 38.3 Å². The van der Waals surface area contributed by atoms with Crippen LogP contribution in [0.15, 0.2) is 34.2 Å². The summed E-state index contributed by atoms with van der Waals surface area (Å²) in [7, 11) is 0. The molecule has 1 aliphatic carbocycles. The van der Waals surface area contributed by atoms with Crippen LogP contribution in [0.25, 0.3) is 16.7 Å². The lowest BCUT2D eigenvalue weighted by molar-refractivity contribution is -0.120. The highest BCUT2D eigenvalue weighted by atomic mass is 32.2. The molecule has 0 bridgehead atoms. The van der Waals surface area contributed by atoms with Crippen molar-refractivity contribution in [3.8, 4) is 0 Å². The molecule has 1 aromatic carbocycles. The average molecular weight is 400 g/mol. The summed E-state index contributed by atoms with van der Waals surface area (Å²) in [5.41, 5.74) is 0.715. The molecule has 1 aliphatic rings. The first-order valence-electron chi connectivity index (χ1n) is 9.94. The molecule has 3 aromatic rings. The third kappa shape index (κ3) is 3.41. The number of nitrogens with one attached hydrogen (secondary N) is 1. The number of aryl methyl sites for hydroxylation is 1. The van der Waals surface area contributed by atoms with Crippen LogP contribution in [0, 0.1) is 0 Å². The lowest BCUT2D eigenvalue weighted by Crippen LogP contribution is -2.37. The molecule has 28 heavy (non-hydrogen) atoms. The van der Waals surface area contributed by atoms with Gasteiger partial charge in [-0.1, -0.05) is 43.7 Å². The fourth-order valence-electron chi connectivity index (χ4n) is 3.84. The summed E-state index contributed by atoms with van der Waals surface area (Å²) in [5, 5.41) is 12.7. The van der Waals surface area contributed by atoms with E-state index >= 15 is 0 Å².